The zero-order valence-corrected chi connectivity index (χ0v) is 17.9. The molecule has 0 radical (unpaired) electrons. The quantitative estimate of drug-likeness (QED) is 0.263. The van der Waals surface area contributed by atoms with Crippen molar-refractivity contribution in [3.63, 3.8) is 0 Å². The summed E-state index contributed by atoms with van der Waals surface area (Å²) in [4.78, 5) is 22.2. The summed E-state index contributed by atoms with van der Waals surface area (Å²) < 4.78 is 11.8. The highest BCUT2D eigenvalue weighted by Crippen LogP contribution is 2.29. The number of anilines is 2. The monoisotopic (exact) mass is 446 g/mol. The summed E-state index contributed by atoms with van der Waals surface area (Å²) in [6.07, 6.45) is 0. The van der Waals surface area contributed by atoms with Crippen molar-refractivity contribution in [2.45, 2.75) is 0 Å². The molecule has 0 bridgehead atoms. The van der Waals surface area contributed by atoms with E-state index < -0.39 is 0 Å². The third-order valence-corrected chi connectivity index (χ3v) is 5.57. The normalized spacial score (nSPS) is 11.3. The van der Waals surface area contributed by atoms with E-state index in [0.717, 1.165) is 11.1 Å². The van der Waals surface area contributed by atoms with Crippen LogP contribution < -0.4 is 11.5 Å². The number of nitrogens with two attached hydrogens (primary N) is 2. The van der Waals surface area contributed by atoms with E-state index in [1.54, 1.807) is 60.7 Å². The second kappa shape index (κ2) is 7.60. The summed E-state index contributed by atoms with van der Waals surface area (Å²) in [7, 11) is 0. The Bertz CT molecular complexity index is 1590. The second-order valence-electron chi connectivity index (χ2n) is 7.98. The molecule has 0 unspecified atom stereocenters. The van der Waals surface area contributed by atoms with Crippen LogP contribution in [0.4, 0.5) is 11.4 Å². The molecule has 6 aromatic rings. The van der Waals surface area contributed by atoms with Gasteiger partial charge in [-0.3, -0.25) is 4.79 Å². The van der Waals surface area contributed by atoms with Crippen LogP contribution in [0.1, 0.15) is 15.9 Å². The van der Waals surface area contributed by atoms with E-state index in [2.05, 4.69) is 9.97 Å². The number of benzene rings is 4. The van der Waals surface area contributed by atoms with Gasteiger partial charge >= 0.3 is 0 Å². The van der Waals surface area contributed by atoms with Crippen molar-refractivity contribution in [1.82, 2.24) is 9.97 Å². The van der Waals surface area contributed by atoms with E-state index in [-0.39, 0.29) is 5.78 Å². The molecule has 4 N–H and O–H groups in total. The molecular formula is C27H18N4O3. The predicted octanol–water partition coefficient (Wildman–Crippen LogP) is 5.70. The van der Waals surface area contributed by atoms with E-state index >= 15 is 0 Å². The smallest absolute Gasteiger partial charge is 0.227 e. The standard InChI is InChI=1S/C27H18N4O3/c28-19-5-1-3-17(11-19)26-30-21-9-7-15(13-23(21)33-26)25(32)16-8-10-22-24(14-16)34-27(31-22)18-4-2-6-20(29)12-18/h1-14H,28-29H2. The third kappa shape index (κ3) is 3.45. The van der Waals surface area contributed by atoms with Gasteiger partial charge in [0.25, 0.3) is 0 Å². The highest BCUT2D eigenvalue weighted by molar-refractivity contribution is 6.11. The molecule has 0 saturated carbocycles. The number of hydrogen-bond acceptors (Lipinski definition) is 7. The molecule has 0 saturated heterocycles. The van der Waals surface area contributed by atoms with Crippen molar-refractivity contribution in [3.05, 3.63) is 96.1 Å². The molecule has 0 aliphatic carbocycles. The maximum atomic E-state index is 13.2. The average Bonchev–Trinajstić information content (AvgIpc) is 3.47. The van der Waals surface area contributed by atoms with Gasteiger partial charge in [0.05, 0.1) is 0 Å². The number of nitrogen functional groups attached to an aromatic ring is 2. The minimum atomic E-state index is -0.160. The number of ketones is 1. The van der Waals surface area contributed by atoms with E-state index in [9.17, 15) is 4.79 Å². The van der Waals surface area contributed by atoms with Crippen LogP contribution >= 0.6 is 0 Å². The van der Waals surface area contributed by atoms with Crippen LogP contribution in [0.25, 0.3) is 45.1 Å². The topological polar surface area (TPSA) is 121 Å². The van der Waals surface area contributed by atoms with E-state index in [1.807, 2.05) is 24.3 Å². The maximum absolute atomic E-state index is 13.2. The van der Waals surface area contributed by atoms with Crippen LogP contribution in [0.5, 0.6) is 0 Å². The fourth-order valence-electron chi connectivity index (χ4n) is 3.89. The highest BCUT2D eigenvalue weighted by Gasteiger charge is 2.16. The van der Waals surface area contributed by atoms with Gasteiger partial charge in [-0.05, 0) is 72.8 Å². The molecule has 7 heteroatoms. The first kappa shape index (κ1) is 19.8. The third-order valence-electron chi connectivity index (χ3n) is 5.57. The van der Waals surface area contributed by atoms with Gasteiger partial charge in [-0.25, -0.2) is 9.97 Å². The molecule has 0 aliphatic heterocycles. The summed E-state index contributed by atoms with van der Waals surface area (Å²) in [6, 6.07) is 25.0. The van der Waals surface area contributed by atoms with Crippen LogP contribution in [-0.4, -0.2) is 15.8 Å². The van der Waals surface area contributed by atoms with E-state index in [4.69, 9.17) is 20.3 Å². The van der Waals surface area contributed by atoms with Crippen LogP contribution in [-0.2, 0) is 0 Å². The molecule has 0 aliphatic rings. The number of carbonyl (C=O) groups is 1. The molecule has 0 fully saturated rings. The SMILES string of the molecule is Nc1cccc(-c2nc3ccc(C(=O)c4ccc5nc(-c6cccc(N)c6)oc5c4)cc3o2)c1. The van der Waals surface area contributed by atoms with Crippen LogP contribution in [0.2, 0.25) is 0 Å². The Labute approximate surface area is 193 Å². The van der Waals surface area contributed by atoms with Crippen LogP contribution in [0, 0.1) is 0 Å². The van der Waals surface area contributed by atoms with Crippen molar-refractivity contribution in [2.75, 3.05) is 11.5 Å². The van der Waals surface area contributed by atoms with E-state index in [1.165, 1.54) is 0 Å². The predicted molar refractivity (Wildman–Crippen MR) is 131 cm³/mol. The Kier molecular flexibility index (Phi) is 4.41. The van der Waals surface area contributed by atoms with Gasteiger partial charge in [-0.2, -0.15) is 0 Å². The molecule has 0 spiro atoms. The summed E-state index contributed by atoms with van der Waals surface area (Å²) in [6.45, 7) is 0. The number of aromatic nitrogens is 2. The molecule has 0 amide bonds. The first-order chi connectivity index (χ1) is 16.5. The molecule has 2 aromatic heterocycles. The fraction of sp³-hybridized carbons (Fsp3) is 0. The summed E-state index contributed by atoms with van der Waals surface area (Å²) in [5, 5.41) is 0. The molecule has 4 aromatic carbocycles. The molecule has 34 heavy (non-hydrogen) atoms. The Morgan fingerprint density at radius 3 is 1.53 bits per heavy atom. The van der Waals surface area contributed by atoms with Crippen molar-refractivity contribution in [1.29, 1.82) is 0 Å². The number of fused-ring (bicyclic) bond motifs is 2. The van der Waals surface area contributed by atoms with Crippen molar-refractivity contribution < 1.29 is 13.6 Å². The number of hydrogen-bond donors (Lipinski definition) is 2. The Morgan fingerprint density at radius 1 is 0.618 bits per heavy atom. The van der Waals surface area contributed by atoms with Crippen LogP contribution in [0.15, 0.2) is 93.8 Å². The molecule has 7 nitrogen and oxygen atoms in total. The van der Waals surface area contributed by atoms with Crippen LogP contribution in [0.3, 0.4) is 0 Å². The Hall–Kier alpha value is -4.91. The zero-order valence-electron chi connectivity index (χ0n) is 17.9. The lowest BCUT2D eigenvalue weighted by Crippen LogP contribution is -2.00. The largest absolute Gasteiger partial charge is 0.436 e. The van der Waals surface area contributed by atoms with Gasteiger partial charge in [-0.1, -0.05) is 12.1 Å². The first-order valence-corrected chi connectivity index (χ1v) is 10.6. The zero-order chi connectivity index (χ0) is 23.2. The lowest BCUT2D eigenvalue weighted by atomic mass is 10.0. The highest BCUT2D eigenvalue weighted by atomic mass is 16.4. The second-order valence-corrected chi connectivity index (χ2v) is 7.98. The number of oxazole rings is 2. The lowest BCUT2D eigenvalue weighted by molar-refractivity contribution is 0.103. The lowest BCUT2D eigenvalue weighted by Gasteiger charge is -2.01. The molecule has 0 atom stereocenters. The van der Waals surface area contributed by atoms with Gasteiger partial charge in [0, 0.05) is 33.6 Å². The minimum Gasteiger partial charge on any atom is -0.436 e. The maximum Gasteiger partial charge on any atom is 0.227 e. The van der Waals surface area contributed by atoms with Gasteiger partial charge < -0.3 is 20.3 Å². The van der Waals surface area contributed by atoms with Gasteiger partial charge in [0.2, 0.25) is 11.8 Å². The van der Waals surface area contributed by atoms with E-state index in [0.29, 0.717) is 56.5 Å². The Morgan fingerprint density at radius 2 is 1.09 bits per heavy atom. The fourth-order valence-corrected chi connectivity index (χ4v) is 3.89. The van der Waals surface area contributed by atoms with Gasteiger partial charge in [-0.15, -0.1) is 0 Å². The number of carbonyl (C=O) groups excluding carboxylic acids is 1. The van der Waals surface area contributed by atoms with Crippen molar-refractivity contribution >= 4 is 39.4 Å². The first-order valence-electron chi connectivity index (χ1n) is 10.6. The Balaban J connectivity index is 1.34. The summed E-state index contributed by atoms with van der Waals surface area (Å²) in [5.41, 5.74) is 17.9. The molecular weight excluding hydrogens is 428 g/mol. The molecule has 2 heterocycles. The van der Waals surface area contributed by atoms with Gasteiger partial charge in [0.1, 0.15) is 11.0 Å². The minimum absolute atomic E-state index is 0.160. The summed E-state index contributed by atoms with van der Waals surface area (Å²) >= 11 is 0. The average molecular weight is 446 g/mol. The molecule has 164 valence electrons. The summed E-state index contributed by atoms with van der Waals surface area (Å²) in [5.74, 6) is 0.737. The van der Waals surface area contributed by atoms with Gasteiger partial charge in [0.15, 0.2) is 16.9 Å². The number of rotatable bonds is 4. The van der Waals surface area contributed by atoms with Crippen molar-refractivity contribution in [2.24, 2.45) is 0 Å². The number of nitrogens with zero attached hydrogens (tertiary/aromatic N) is 2. The van der Waals surface area contributed by atoms with Crippen molar-refractivity contribution in [3.8, 4) is 22.9 Å². The molecule has 6 rings (SSSR count).